The van der Waals surface area contributed by atoms with Crippen molar-refractivity contribution in [3.63, 3.8) is 0 Å². The predicted octanol–water partition coefficient (Wildman–Crippen LogP) is 5.24. The minimum absolute atomic E-state index is 0.0311. The highest BCUT2D eigenvalue weighted by atomic mass is 19.4. The molecule has 27 heavy (non-hydrogen) atoms. The molecule has 0 aliphatic carbocycles. The SMILES string of the molecule is O=C(Nc1ccccc1F)c1cncc(Nc2ccc(C(F)(F)F)cc2)c1. The number of para-hydroxylation sites is 1. The minimum atomic E-state index is -4.41. The summed E-state index contributed by atoms with van der Waals surface area (Å²) < 4.78 is 51.4. The number of alkyl halides is 3. The Kier molecular flexibility index (Phi) is 5.07. The van der Waals surface area contributed by atoms with Gasteiger partial charge in [0.05, 0.1) is 28.7 Å². The zero-order chi connectivity index (χ0) is 19.4. The Balaban J connectivity index is 1.73. The van der Waals surface area contributed by atoms with Gasteiger partial charge in [-0.1, -0.05) is 12.1 Å². The molecule has 0 radical (unpaired) electrons. The fraction of sp³-hybridized carbons (Fsp3) is 0.0526. The largest absolute Gasteiger partial charge is 0.416 e. The zero-order valence-corrected chi connectivity index (χ0v) is 13.7. The van der Waals surface area contributed by atoms with E-state index in [1.54, 1.807) is 6.07 Å². The average Bonchev–Trinajstić information content (AvgIpc) is 2.63. The summed E-state index contributed by atoms with van der Waals surface area (Å²) in [5.41, 5.74) is 0.232. The van der Waals surface area contributed by atoms with Gasteiger partial charge in [-0.3, -0.25) is 9.78 Å². The van der Waals surface area contributed by atoms with Crippen LogP contribution in [0.25, 0.3) is 0 Å². The Hall–Kier alpha value is -3.42. The number of nitrogens with one attached hydrogen (secondary N) is 2. The lowest BCUT2D eigenvalue weighted by atomic mass is 10.2. The average molecular weight is 375 g/mol. The molecule has 0 bridgehead atoms. The summed E-state index contributed by atoms with van der Waals surface area (Å²) in [6.07, 6.45) is -1.70. The molecular weight excluding hydrogens is 362 g/mol. The van der Waals surface area contributed by atoms with Crippen molar-refractivity contribution in [2.45, 2.75) is 6.18 Å². The lowest BCUT2D eigenvalue weighted by Crippen LogP contribution is -2.13. The van der Waals surface area contributed by atoms with Crippen LogP contribution in [-0.2, 0) is 6.18 Å². The molecular formula is C19H13F4N3O. The lowest BCUT2D eigenvalue weighted by molar-refractivity contribution is -0.137. The standard InChI is InChI=1S/C19H13F4N3O/c20-16-3-1-2-4-17(16)26-18(27)12-9-15(11-24-10-12)25-14-7-5-13(6-8-14)19(21,22)23/h1-11,25H,(H,26,27). The maximum atomic E-state index is 13.6. The molecule has 0 aliphatic rings. The van der Waals surface area contributed by atoms with Gasteiger partial charge < -0.3 is 10.6 Å². The van der Waals surface area contributed by atoms with E-state index in [-0.39, 0.29) is 11.3 Å². The maximum absolute atomic E-state index is 13.6. The highest BCUT2D eigenvalue weighted by molar-refractivity contribution is 6.04. The summed E-state index contributed by atoms with van der Waals surface area (Å²) >= 11 is 0. The summed E-state index contributed by atoms with van der Waals surface area (Å²) in [5, 5.41) is 5.30. The third-order valence-electron chi connectivity index (χ3n) is 3.62. The Morgan fingerprint density at radius 2 is 1.63 bits per heavy atom. The minimum Gasteiger partial charge on any atom is -0.354 e. The first-order valence-corrected chi connectivity index (χ1v) is 7.78. The fourth-order valence-electron chi connectivity index (χ4n) is 2.30. The van der Waals surface area contributed by atoms with Crippen LogP contribution in [0.3, 0.4) is 0 Å². The van der Waals surface area contributed by atoms with Gasteiger partial charge in [0.25, 0.3) is 5.91 Å². The number of hydrogen-bond donors (Lipinski definition) is 2. The Morgan fingerprint density at radius 1 is 0.926 bits per heavy atom. The summed E-state index contributed by atoms with van der Waals surface area (Å²) in [6, 6.07) is 11.6. The van der Waals surface area contributed by atoms with Crippen LogP contribution < -0.4 is 10.6 Å². The topological polar surface area (TPSA) is 54.0 Å². The molecule has 1 aromatic heterocycles. The van der Waals surface area contributed by atoms with E-state index in [1.165, 1.54) is 48.8 Å². The number of halogens is 4. The quantitative estimate of drug-likeness (QED) is 0.614. The van der Waals surface area contributed by atoms with Crippen molar-refractivity contribution in [3.8, 4) is 0 Å². The summed E-state index contributed by atoms with van der Waals surface area (Å²) in [7, 11) is 0. The molecule has 1 amide bonds. The van der Waals surface area contributed by atoms with Crippen LogP contribution in [0.2, 0.25) is 0 Å². The molecule has 4 nitrogen and oxygen atoms in total. The summed E-state index contributed by atoms with van der Waals surface area (Å²) in [4.78, 5) is 16.2. The molecule has 0 spiro atoms. The van der Waals surface area contributed by atoms with Gasteiger partial charge in [0.1, 0.15) is 5.82 Å². The van der Waals surface area contributed by atoms with E-state index in [2.05, 4.69) is 15.6 Å². The first kappa shape index (κ1) is 18.4. The molecule has 0 aliphatic heterocycles. The molecule has 2 aromatic carbocycles. The van der Waals surface area contributed by atoms with Crippen molar-refractivity contribution in [2.24, 2.45) is 0 Å². The van der Waals surface area contributed by atoms with Crippen molar-refractivity contribution < 1.29 is 22.4 Å². The molecule has 138 valence electrons. The van der Waals surface area contributed by atoms with Gasteiger partial charge in [-0.2, -0.15) is 13.2 Å². The monoisotopic (exact) mass is 375 g/mol. The summed E-state index contributed by atoms with van der Waals surface area (Å²) in [6.45, 7) is 0. The molecule has 0 unspecified atom stereocenters. The molecule has 0 saturated heterocycles. The number of pyridine rings is 1. The zero-order valence-electron chi connectivity index (χ0n) is 13.7. The van der Waals surface area contributed by atoms with Crippen LogP contribution in [-0.4, -0.2) is 10.9 Å². The lowest BCUT2D eigenvalue weighted by Gasteiger charge is -2.10. The molecule has 0 atom stereocenters. The number of benzene rings is 2. The second-order valence-corrected chi connectivity index (χ2v) is 5.60. The van der Waals surface area contributed by atoms with Crippen LogP contribution in [0.15, 0.2) is 67.0 Å². The van der Waals surface area contributed by atoms with E-state index >= 15 is 0 Å². The van der Waals surface area contributed by atoms with Gasteiger partial charge in [-0.15, -0.1) is 0 Å². The van der Waals surface area contributed by atoms with Gasteiger partial charge in [0.2, 0.25) is 0 Å². The smallest absolute Gasteiger partial charge is 0.354 e. The highest BCUT2D eigenvalue weighted by Crippen LogP contribution is 2.30. The predicted molar refractivity (Wildman–Crippen MR) is 93.3 cm³/mol. The van der Waals surface area contributed by atoms with Gasteiger partial charge in [0, 0.05) is 11.9 Å². The maximum Gasteiger partial charge on any atom is 0.416 e. The molecule has 3 aromatic rings. The van der Waals surface area contributed by atoms with Crippen molar-refractivity contribution in [3.05, 3.63) is 83.9 Å². The van der Waals surface area contributed by atoms with Crippen LogP contribution in [0.4, 0.5) is 34.6 Å². The Labute approximate surface area is 151 Å². The molecule has 0 saturated carbocycles. The first-order valence-electron chi connectivity index (χ1n) is 7.78. The first-order chi connectivity index (χ1) is 12.8. The van der Waals surface area contributed by atoms with Gasteiger partial charge >= 0.3 is 6.18 Å². The van der Waals surface area contributed by atoms with Crippen molar-refractivity contribution in [1.29, 1.82) is 0 Å². The third kappa shape index (κ3) is 4.60. The molecule has 0 fully saturated rings. The number of anilines is 3. The van der Waals surface area contributed by atoms with Crippen molar-refractivity contribution >= 4 is 23.0 Å². The second kappa shape index (κ2) is 7.45. The van der Waals surface area contributed by atoms with Crippen LogP contribution >= 0.6 is 0 Å². The van der Waals surface area contributed by atoms with Gasteiger partial charge in [-0.25, -0.2) is 4.39 Å². The summed E-state index contributed by atoms with van der Waals surface area (Å²) in [5.74, 6) is -1.14. The molecule has 2 N–H and O–H groups in total. The number of carbonyl (C=O) groups is 1. The number of rotatable bonds is 4. The van der Waals surface area contributed by atoms with E-state index < -0.39 is 23.5 Å². The second-order valence-electron chi connectivity index (χ2n) is 5.60. The Morgan fingerprint density at radius 3 is 2.30 bits per heavy atom. The van der Waals surface area contributed by atoms with E-state index in [4.69, 9.17) is 0 Å². The van der Waals surface area contributed by atoms with Gasteiger partial charge in [0.15, 0.2) is 0 Å². The number of carbonyl (C=O) groups excluding carboxylic acids is 1. The van der Waals surface area contributed by atoms with Crippen molar-refractivity contribution in [1.82, 2.24) is 4.98 Å². The van der Waals surface area contributed by atoms with Crippen LogP contribution in [0.1, 0.15) is 15.9 Å². The van der Waals surface area contributed by atoms with Gasteiger partial charge in [-0.05, 0) is 42.5 Å². The molecule has 3 rings (SSSR count). The number of amides is 1. The third-order valence-corrected chi connectivity index (χ3v) is 3.62. The van der Waals surface area contributed by atoms with E-state index in [1.807, 2.05) is 0 Å². The number of hydrogen-bond acceptors (Lipinski definition) is 3. The van der Waals surface area contributed by atoms with Crippen LogP contribution in [0, 0.1) is 5.82 Å². The van der Waals surface area contributed by atoms with E-state index in [0.717, 1.165) is 12.1 Å². The number of aromatic nitrogens is 1. The van der Waals surface area contributed by atoms with E-state index in [9.17, 15) is 22.4 Å². The molecule has 8 heteroatoms. The van der Waals surface area contributed by atoms with Crippen LogP contribution in [0.5, 0.6) is 0 Å². The highest BCUT2D eigenvalue weighted by Gasteiger charge is 2.29. The fourth-order valence-corrected chi connectivity index (χ4v) is 2.30. The number of nitrogens with zero attached hydrogens (tertiary/aromatic N) is 1. The van der Waals surface area contributed by atoms with E-state index in [0.29, 0.717) is 11.4 Å². The van der Waals surface area contributed by atoms with Crippen molar-refractivity contribution in [2.75, 3.05) is 10.6 Å². The normalized spacial score (nSPS) is 11.1. The Bertz CT molecular complexity index is 956. The molecule has 1 heterocycles.